The molecule has 0 spiro atoms. The maximum atomic E-state index is 14.0. The van der Waals surface area contributed by atoms with Gasteiger partial charge < -0.3 is 19.7 Å². The van der Waals surface area contributed by atoms with Crippen molar-refractivity contribution in [2.24, 2.45) is 0 Å². The van der Waals surface area contributed by atoms with Crippen LogP contribution in [0.1, 0.15) is 29.4 Å². The number of aryl methyl sites for hydroxylation is 1. The number of benzene rings is 2. The summed E-state index contributed by atoms with van der Waals surface area (Å²) in [6, 6.07) is 6.99. The first kappa shape index (κ1) is 25.4. The summed E-state index contributed by atoms with van der Waals surface area (Å²) in [6.07, 6.45) is 0.386. The zero-order valence-corrected chi connectivity index (χ0v) is 21.6. The minimum atomic E-state index is -1.14. The topological polar surface area (TPSA) is 133 Å². The molecule has 0 aliphatic carbocycles. The molecule has 1 fully saturated rings. The Morgan fingerprint density at radius 2 is 2.03 bits per heavy atom. The molecule has 3 aromatic heterocycles. The van der Waals surface area contributed by atoms with Crippen LogP contribution in [0.3, 0.4) is 0 Å². The van der Waals surface area contributed by atoms with Gasteiger partial charge in [0, 0.05) is 18.1 Å². The zero-order chi connectivity index (χ0) is 27.3. The van der Waals surface area contributed by atoms with Gasteiger partial charge in [-0.3, -0.25) is 0 Å². The minimum Gasteiger partial charge on any atom is -0.496 e. The van der Waals surface area contributed by atoms with E-state index in [0.29, 0.717) is 5.82 Å². The first-order valence-corrected chi connectivity index (χ1v) is 12.8. The number of halogens is 2. The Balaban J connectivity index is 1.33. The Morgan fingerprint density at radius 3 is 2.82 bits per heavy atom. The molecule has 2 N–H and O–H groups in total. The number of aromatic nitrogens is 7. The Hall–Kier alpha value is -3.85. The summed E-state index contributed by atoms with van der Waals surface area (Å²) < 4.78 is 43.0. The van der Waals surface area contributed by atoms with Crippen molar-refractivity contribution in [1.82, 2.24) is 34.7 Å². The van der Waals surface area contributed by atoms with Gasteiger partial charge in [0.1, 0.15) is 36.1 Å². The first-order valence-electron chi connectivity index (χ1n) is 12.0. The highest BCUT2D eigenvalue weighted by Gasteiger charge is 2.41. The summed E-state index contributed by atoms with van der Waals surface area (Å²) in [6.45, 7) is 1.49. The van der Waals surface area contributed by atoms with Crippen LogP contribution in [0.4, 0.5) is 8.78 Å². The molecule has 11 nitrogen and oxygen atoms in total. The number of hydrogen-bond donors (Lipinski definition) is 2. The van der Waals surface area contributed by atoms with Gasteiger partial charge in [-0.05, 0) is 31.2 Å². The van der Waals surface area contributed by atoms with Gasteiger partial charge in [-0.15, -0.1) is 16.4 Å². The number of aliphatic hydroxyl groups excluding tert-OH is 2. The standard InChI is InChI=1S/C25H23F2N7O4S/c1-12-30-17-4-3-13(5-23(17)39-12)34-25(28-11-29-34)21-8-19(24(36)22(10-35)38-21)33-9-18(31-32-33)14-6-15(26)16(27)7-20(14)37-2/h3-7,9,11,19,21-22,24,35-36H,8,10H2,1-2H3. The minimum absolute atomic E-state index is 0.0841. The van der Waals surface area contributed by atoms with Crippen molar-refractivity contribution in [3.8, 4) is 22.7 Å². The van der Waals surface area contributed by atoms with Crippen LogP contribution in [0, 0.1) is 18.6 Å². The molecule has 2 aromatic carbocycles. The van der Waals surface area contributed by atoms with Crippen molar-refractivity contribution in [1.29, 1.82) is 0 Å². The van der Waals surface area contributed by atoms with Crippen LogP contribution in [0.15, 0.2) is 42.9 Å². The Morgan fingerprint density at radius 1 is 1.21 bits per heavy atom. The second-order valence-electron chi connectivity index (χ2n) is 9.10. The monoisotopic (exact) mass is 555 g/mol. The first-order chi connectivity index (χ1) is 18.9. The molecule has 39 heavy (non-hydrogen) atoms. The number of rotatable bonds is 6. The van der Waals surface area contributed by atoms with E-state index in [1.54, 1.807) is 16.0 Å². The van der Waals surface area contributed by atoms with Crippen LogP contribution in [-0.2, 0) is 4.74 Å². The highest BCUT2D eigenvalue weighted by atomic mass is 32.1. The molecule has 6 rings (SSSR count). The molecule has 1 aliphatic heterocycles. The van der Waals surface area contributed by atoms with Gasteiger partial charge in [-0.2, -0.15) is 5.10 Å². The van der Waals surface area contributed by atoms with Crippen molar-refractivity contribution < 1.29 is 28.5 Å². The third kappa shape index (κ3) is 4.54. The molecule has 4 heterocycles. The molecule has 0 amide bonds. The van der Waals surface area contributed by atoms with E-state index in [2.05, 4.69) is 25.4 Å². The van der Waals surface area contributed by atoms with Gasteiger partial charge in [0.05, 0.1) is 46.9 Å². The fourth-order valence-corrected chi connectivity index (χ4v) is 5.68. The Labute approximate surface area is 224 Å². The van der Waals surface area contributed by atoms with Crippen molar-refractivity contribution in [2.75, 3.05) is 13.7 Å². The number of hydrogen-bond acceptors (Lipinski definition) is 10. The molecule has 14 heteroatoms. The molecular formula is C25H23F2N7O4S. The molecule has 4 unspecified atom stereocenters. The summed E-state index contributed by atoms with van der Waals surface area (Å²) in [5.41, 5.74) is 2.07. The van der Waals surface area contributed by atoms with Gasteiger partial charge in [0.15, 0.2) is 17.5 Å². The predicted molar refractivity (Wildman–Crippen MR) is 136 cm³/mol. The van der Waals surface area contributed by atoms with Crippen LogP contribution < -0.4 is 4.74 Å². The summed E-state index contributed by atoms with van der Waals surface area (Å²) in [5.74, 6) is -1.54. The number of fused-ring (bicyclic) bond motifs is 1. The average molecular weight is 556 g/mol. The van der Waals surface area contributed by atoms with Gasteiger partial charge in [-0.25, -0.2) is 28.1 Å². The number of ether oxygens (including phenoxy) is 2. The predicted octanol–water partition coefficient (Wildman–Crippen LogP) is 3.16. The van der Waals surface area contributed by atoms with Crippen LogP contribution >= 0.6 is 11.3 Å². The highest BCUT2D eigenvalue weighted by molar-refractivity contribution is 7.18. The van der Waals surface area contributed by atoms with Crippen molar-refractivity contribution >= 4 is 21.6 Å². The fraction of sp³-hybridized carbons (Fsp3) is 0.320. The summed E-state index contributed by atoms with van der Waals surface area (Å²) >= 11 is 1.57. The molecule has 0 radical (unpaired) electrons. The SMILES string of the molecule is COc1cc(F)c(F)cc1-c1cn(C2CC(c3ncnn3-c3ccc4nc(C)sc4c3)OC(CO)C2O)nn1. The third-order valence-electron chi connectivity index (χ3n) is 6.70. The van der Waals surface area contributed by atoms with Crippen LogP contribution in [0.2, 0.25) is 0 Å². The van der Waals surface area contributed by atoms with E-state index in [1.165, 1.54) is 24.3 Å². The van der Waals surface area contributed by atoms with E-state index in [4.69, 9.17) is 9.47 Å². The molecular weight excluding hydrogens is 532 g/mol. The smallest absolute Gasteiger partial charge is 0.162 e. The normalized spacial score (nSPS) is 21.5. The Bertz CT molecular complexity index is 1650. The largest absolute Gasteiger partial charge is 0.496 e. The lowest BCUT2D eigenvalue weighted by atomic mass is 9.95. The lowest BCUT2D eigenvalue weighted by molar-refractivity contribution is -0.161. The van der Waals surface area contributed by atoms with Crippen LogP contribution in [0.5, 0.6) is 5.75 Å². The Kier molecular flexibility index (Phi) is 6.54. The van der Waals surface area contributed by atoms with E-state index in [1.807, 2.05) is 25.1 Å². The van der Waals surface area contributed by atoms with E-state index < -0.39 is 42.6 Å². The van der Waals surface area contributed by atoms with Crippen molar-refractivity contribution in [2.45, 2.75) is 37.7 Å². The maximum absolute atomic E-state index is 14.0. The summed E-state index contributed by atoms with van der Waals surface area (Å²) in [7, 11) is 1.34. The van der Waals surface area contributed by atoms with Gasteiger partial charge in [0.2, 0.25) is 0 Å². The average Bonchev–Trinajstić information content (AvgIpc) is 3.69. The second kappa shape index (κ2) is 10.0. The number of thiazole rings is 1. The molecule has 4 atom stereocenters. The molecule has 1 aliphatic rings. The molecule has 0 bridgehead atoms. The third-order valence-corrected chi connectivity index (χ3v) is 7.64. The molecule has 202 valence electrons. The van der Waals surface area contributed by atoms with Gasteiger partial charge in [-0.1, -0.05) is 5.21 Å². The summed E-state index contributed by atoms with van der Waals surface area (Å²) in [5, 5.41) is 34.6. The number of nitrogens with zero attached hydrogens (tertiary/aromatic N) is 7. The molecule has 1 saturated heterocycles. The number of aliphatic hydroxyl groups is 2. The van der Waals surface area contributed by atoms with Gasteiger partial charge in [0.25, 0.3) is 0 Å². The van der Waals surface area contributed by atoms with E-state index in [-0.39, 0.29) is 23.4 Å². The molecule has 0 saturated carbocycles. The van der Waals surface area contributed by atoms with E-state index in [0.717, 1.165) is 33.0 Å². The van der Waals surface area contributed by atoms with Crippen molar-refractivity contribution in [3.63, 3.8) is 0 Å². The van der Waals surface area contributed by atoms with Crippen LogP contribution in [-0.4, -0.2) is 70.9 Å². The quantitative estimate of drug-likeness (QED) is 0.324. The molecule has 5 aromatic rings. The van der Waals surface area contributed by atoms with Crippen LogP contribution in [0.25, 0.3) is 27.2 Å². The van der Waals surface area contributed by atoms with Gasteiger partial charge >= 0.3 is 0 Å². The zero-order valence-electron chi connectivity index (χ0n) is 20.8. The fourth-order valence-electron chi connectivity index (χ4n) is 4.82. The lowest BCUT2D eigenvalue weighted by Crippen LogP contribution is -2.45. The highest BCUT2D eigenvalue weighted by Crippen LogP contribution is 2.39. The number of methoxy groups -OCH3 is 1. The second-order valence-corrected chi connectivity index (χ2v) is 10.3. The van der Waals surface area contributed by atoms with E-state index in [9.17, 15) is 19.0 Å². The van der Waals surface area contributed by atoms with Crippen molar-refractivity contribution in [3.05, 3.63) is 65.3 Å². The summed E-state index contributed by atoms with van der Waals surface area (Å²) in [4.78, 5) is 8.92. The lowest BCUT2D eigenvalue weighted by Gasteiger charge is -2.38. The van der Waals surface area contributed by atoms with E-state index >= 15 is 0 Å². The maximum Gasteiger partial charge on any atom is 0.162 e.